The first kappa shape index (κ1) is 9.92. The Kier molecular flexibility index (Phi) is 2.82. The van der Waals surface area contributed by atoms with Crippen molar-refractivity contribution in [3.63, 3.8) is 0 Å². The summed E-state index contributed by atoms with van der Waals surface area (Å²) < 4.78 is 4.88. The van der Waals surface area contributed by atoms with Crippen molar-refractivity contribution in [2.24, 2.45) is 0 Å². The van der Waals surface area contributed by atoms with Crippen LogP contribution >= 0.6 is 0 Å². The van der Waals surface area contributed by atoms with E-state index >= 15 is 0 Å². The van der Waals surface area contributed by atoms with Gasteiger partial charge >= 0.3 is 5.97 Å². The number of aromatic nitrogens is 1. The number of anilines is 1. The molecular formula is C10H13N3O2. The SMILES string of the molecule is CCOC(=O)c1ccc2c(n1)CNCN2. The number of hydrogen-bond acceptors (Lipinski definition) is 5. The number of ether oxygens (including phenoxy) is 1. The first-order chi connectivity index (χ1) is 7.31. The Hall–Kier alpha value is -1.62. The molecule has 0 spiro atoms. The second kappa shape index (κ2) is 4.27. The number of hydrogen-bond donors (Lipinski definition) is 2. The molecule has 5 nitrogen and oxygen atoms in total. The van der Waals surface area contributed by atoms with Crippen molar-refractivity contribution in [2.75, 3.05) is 18.6 Å². The van der Waals surface area contributed by atoms with E-state index in [1.54, 1.807) is 13.0 Å². The molecule has 2 heterocycles. The van der Waals surface area contributed by atoms with Crippen LogP contribution in [0.3, 0.4) is 0 Å². The van der Waals surface area contributed by atoms with Crippen molar-refractivity contribution in [1.82, 2.24) is 10.3 Å². The van der Waals surface area contributed by atoms with Crippen LogP contribution in [-0.2, 0) is 11.3 Å². The third-order valence-corrected chi connectivity index (χ3v) is 2.16. The standard InChI is InChI=1S/C10H13N3O2/c1-2-15-10(14)8-4-3-7-9(13-8)5-11-6-12-7/h3-4,11-12H,2,5-6H2,1H3. The van der Waals surface area contributed by atoms with Crippen LogP contribution in [0.15, 0.2) is 12.1 Å². The number of carbonyl (C=O) groups is 1. The van der Waals surface area contributed by atoms with Gasteiger partial charge in [-0.3, -0.25) is 5.32 Å². The highest BCUT2D eigenvalue weighted by molar-refractivity contribution is 5.87. The fourth-order valence-corrected chi connectivity index (χ4v) is 1.45. The van der Waals surface area contributed by atoms with E-state index in [1.807, 2.05) is 6.07 Å². The molecule has 1 aliphatic rings. The van der Waals surface area contributed by atoms with Gasteiger partial charge in [0, 0.05) is 6.54 Å². The van der Waals surface area contributed by atoms with Gasteiger partial charge in [0.1, 0.15) is 5.69 Å². The molecule has 0 aromatic carbocycles. The second-order valence-electron chi connectivity index (χ2n) is 3.19. The summed E-state index contributed by atoms with van der Waals surface area (Å²) in [6, 6.07) is 3.53. The maximum atomic E-state index is 11.4. The van der Waals surface area contributed by atoms with Crippen LogP contribution < -0.4 is 10.6 Å². The Morgan fingerprint density at radius 2 is 2.47 bits per heavy atom. The molecule has 0 radical (unpaired) electrons. The van der Waals surface area contributed by atoms with Crippen molar-refractivity contribution in [1.29, 1.82) is 0 Å². The largest absolute Gasteiger partial charge is 0.461 e. The minimum Gasteiger partial charge on any atom is -0.461 e. The molecule has 80 valence electrons. The highest BCUT2D eigenvalue weighted by Crippen LogP contribution is 2.16. The van der Waals surface area contributed by atoms with Crippen LogP contribution in [-0.4, -0.2) is 24.2 Å². The topological polar surface area (TPSA) is 63.2 Å². The molecule has 5 heteroatoms. The fraction of sp³-hybridized carbons (Fsp3) is 0.400. The molecular weight excluding hydrogens is 194 g/mol. The lowest BCUT2D eigenvalue weighted by atomic mass is 10.2. The average Bonchev–Trinajstić information content (AvgIpc) is 2.29. The van der Waals surface area contributed by atoms with Crippen molar-refractivity contribution in [3.8, 4) is 0 Å². The Morgan fingerprint density at radius 3 is 3.27 bits per heavy atom. The molecule has 1 aliphatic heterocycles. The molecule has 0 saturated heterocycles. The minimum absolute atomic E-state index is 0.362. The van der Waals surface area contributed by atoms with E-state index in [2.05, 4.69) is 15.6 Å². The van der Waals surface area contributed by atoms with Crippen LogP contribution in [0, 0.1) is 0 Å². The molecule has 1 aromatic heterocycles. The van der Waals surface area contributed by atoms with Crippen LogP contribution in [0.25, 0.3) is 0 Å². The number of nitrogens with zero attached hydrogens (tertiary/aromatic N) is 1. The van der Waals surface area contributed by atoms with Crippen LogP contribution in [0.1, 0.15) is 23.1 Å². The van der Waals surface area contributed by atoms with Crippen molar-refractivity contribution < 1.29 is 9.53 Å². The minimum atomic E-state index is -0.370. The molecule has 2 N–H and O–H groups in total. The third-order valence-electron chi connectivity index (χ3n) is 2.16. The van der Waals surface area contributed by atoms with Crippen molar-refractivity contribution in [3.05, 3.63) is 23.5 Å². The van der Waals surface area contributed by atoms with Gasteiger partial charge in [0.2, 0.25) is 0 Å². The van der Waals surface area contributed by atoms with Gasteiger partial charge in [0.05, 0.1) is 24.7 Å². The number of esters is 1. The summed E-state index contributed by atoms with van der Waals surface area (Å²) in [6.45, 7) is 3.55. The molecule has 0 fully saturated rings. The first-order valence-electron chi connectivity index (χ1n) is 4.93. The van der Waals surface area contributed by atoms with Gasteiger partial charge in [-0.15, -0.1) is 0 Å². The molecule has 0 atom stereocenters. The molecule has 2 rings (SSSR count). The summed E-state index contributed by atoms with van der Waals surface area (Å²) in [7, 11) is 0. The summed E-state index contributed by atoms with van der Waals surface area (Å²) in [5, 5.41) is 6.25. The zero-order chi connectivity index (χ0) is 10.7. The molecule has 1 aromatic rings. The van der Waals surface area contributed by atoms with Gasteiger partial charge in [-0.25, -0.2) is 9.78 Å². The zero-order valence-corrected chi connectivity index (χ0v) is 8.54. The van der Waals surface area contributed by atoms with Gasteiger partial charge in [0.25, 0.3) is 0 Å². The highest BCUT2D eigenvalue weighted by Gasteiger charge is 2.14. The van der Waals surface area contributed by atoms with E-state index in [0.29, 0.717) is 18.8 Å². The third kappa shape index (κ3) is 2.07. The lowest BCUT2D eigenvalue weighted by Gasteiger charge is -2.18. The van der Waals surface area contributed by atoms with Gasteiger partial charge in [-0.1, -0.05) is 0 Å². The maximum absolute atomic E-state index is 11.4. The molecule has 0 aliphatic carbocycles. The zero-order valence-electron chi connectivity index (χ0n) is 8.54. The van der Waals surface area contributed by atoms with E-state index in [1.165, 1.54) is 0 Å². The molecule has 0 amide bonds. The van der Waals surface area contributed by atoms with E-state index in [-0.39, 0.29) is 5.97 Å². The number of pyridine rings is 1. The average molecular weight is 207 g/mol. The highest BCUT2D eigenvalue weighted by atomic mass is 16.5. The van der Waals surface area contributed by atoms with Gasteiger partial charge in [-0.2, -0.15) is 0 Å². The lowest BCUT2D eigenvalue weighted by molar-refractivity contribution is 0.0519. The summed E-state index contributed by atoms with van der Waals surface area (Å²) in [4.78, 5) is 15.6. The quantitative estimate of drug-likeness (QED) is 0.700. The monoisotopic (exact) mass is 207 g/mol. The Bertz CT molecular complexity index is 379. The summed E-state index contributed by atoms with van der Waals surface area (Å²) >= 11 is 0. The Labute approximate surface area is 87.8 Å². The number of carbonyl (C=O) groups excluding carboxylic acids is 1. The van der Waals surface area contributed by atoms with E-state index < -0.39 is 0 Å². The number of fused-ring (bicyclic) bond motifs is 1. The van der Waals surface area contributed by atoms with Gasteiger partial charge in [-0.05, 0) is 19.1 Å². The molecule has 0 saturated carbocycles. The predicted octanol–water partition coefficient (Wildman–Crippen LogP) is 0.731. The molecule has 0 unspecified atom stereocenters. The second-order valence-corrected chi connectivity index (χ2v) is 3.19. The van der Waals surface area contributed by atoms with E-state index in [0.717, 1.165) is 18.1 Å². The first-order valence-corrected chi connectivity index (χ1v) is 4.93. The van der Waals surface area contributed by atoms with Gasteiger partial charge < -0.3 is 10.1 Å². The Balaban J connectivity index is 2.24. The fourth-order valence-electron chi connectivity index (χ4n) is 1.45. The van der Waals surface area contributed by atoms with Gasteiger partial charge in [0.15, 0.2) is 0 Å². The summed E-state index contributed by atoms with van der Waals surface area (Å²) in [5.74, 6) is -0.370. The normalized spacial score (nSPS) is 13.9. The molecule has 15 heavy (non-hydrogen) atoms. The van der Waals surface area contributed by atoms with E-state index in [4.69, 9.17) is 4.74 Å². The Morgan fingerprint density at radius 1 is 1.60 bits per heavy atom. The lowest BCUT2D eigenvalue weighted by Crippen LogP contribution is -2.28. The maximum Gasteiger partial charge on any atom is 0.356 e. The number of nitrogens with one attached hydrogen (secondary N) is 2. The van der Waals surface area contributed by atoms with Crippen molar-refractivity contribution >= 4 is 11.7 Å². The summed E-state index contributed by atoms with van der Waals surface area (Å²) in [6.07, 6.45) is 0. The van der Waals surface area contributed by atoms with Crippen LogP contribution in [0.4, 0.5) is 5.69 Å². The van der Waals surface area contributed by atoms with Crippen molar-refractivity contribution in [2.45, 2.75) is 13.5 Å². The van der Waals surface area contributed by atoms with Crippen LogP contribution in [0.5, 0.6) is 0 Å². The molecule has 0 bridgehead atoms. The smallest absolute Gasteiger partial charge is 0.356 e. The van der Waals surface area contributed by atoms with Crippen LogP contribution in [0.2, 0.25) is 0 Å². The summed E-state index contributed by atoms with van der Waals surface area (Å²) in [5.41, 5.74) is 2.19. The number of rotatable bonds is 2. The predicted molar refractivity (Wildman–Crippen MR) is 55.5 cm³/mol. The van der Waals surface area contributed by atoms with E-state index in [9.17, 15) is 4.79 Å².